The average Bonchev–Trinajstić information content (AvgIpc) is 2.86. The van der Waals surface area contributed by atoms with Crippen LogP contribution in [0.4, 0.5) is 9.59 Å². The van der Waals surface area contributed by atoms with Crippen molar-refractivity contribution < 1.29 is 33.8 Å². The van der Waals surface area contributed by atoms with Gasteiger partial charge in [0.2, 0.25) is 5.91 Å². The number of hydrogen-bond acceptors (Lipinski definition) is 7. The number of unbranched alkanes of at least 4 members (excludes halogenated alkanes) is 1. The van der Waals surface area contributed by atoms with E-state index in [2.05, 4.69) is 5.32 Å². The zero-order valence-corrected chi connectivity index (χ0v) is 22.1. The van der Waals surface area contributed by atoms with E-state index in [1.807, 2.05) is 12.1 Å². The number of amides is 3. The summed E-state index contributed by atoms with van der Waals surface area (Å²) in [6.45, 7) is 5.34. The van der Waals surface area contributed by atoms with Gasteiger partial charge >= 0.3 is 18.2 Å². The van der Waals surface area contributed by atoms with Crippen LogP contribution in [0.2, 0.25) is 0 Å². The molecule has 0 fully saturated rings. The Balaban J connectivity index is 2.10. The van der Waals surface area contributed by atoms with Crippen LogP contribution in [0.1, 0.15) is 51.2 Å². The first-order chi connectivity index (χ1) is 18.0. The highest BCUT2D eigenvalue weighted by Crippen LogP contribution is 2.16. The van der Waals surface area contributed by atoms with E-state index < -0.39 is 41.7 Å². The van der Waals surface area contributed by atoms with E-state index in [1.54, 1.807) is 69.3 Å². The monoisotopic (exact) mass is 527 g/mol. The van der Waals surface area contributed by atoms with Crippen molar-refractivity contribution >= 4 is 24.1 Å². The van der Waals surface area contributed by atoms with E-state index in [9.17, 15) is 24.3 Å². The van der Waals surface area contributed by atoms with Crippen LogP contribution in [0.15, 0.2) is 60.7 Å². The van der Waals surface area contributed by atoms with E-state index in [0.29, 0.717) is 23.3 Å². The number of carboxylic acid groups (broad SMARTS) is 1. The molecule has 2 atom stereocenters. The van der Waals surface area contributed by atoms with E-state index in [1.165, 1.54) is 0 Å². The number of rotatable bonds is 12. The summed E-state index contributed by atoms with van der Waals surface area (Å²) in [5.74, 6) is -2.20. The van der Waals surface area contributed by atoms with Crippen LogP contribution >= 0.6 is 0 Å². The number of nitrogens with two attached hydrogens (primary N) is 1. The molecule has 0 bridgehead atoms. The fraction of sp³-hybridized carbons (Fsp3) is 0.429. The zero-order valence-electron chi connectivity index (χ0n) is 22.1. The van der Waals surface area contributed by atoms with Gasteiger partial charge in [-0.05, 0) is 57.6 Å². The minimum atomic E-state index is -1.49. The normalized spacial score (nSPS) is 12.6. The van der Waals surface area contributed by atoms with Crippen LogP contribution in [0.3, 0.4) is 0 Å². The van der Waals surface area contributed by atoms with Crippen LogP contribution in [0.5, 0.6) is 0 Å². The number of ether oxygens (including phenoxy) is 2. The minimum Gasteiger partial charge on any atom is -0.480 e. The molecule has 0 spiro atoms. The summed E-state index contributed by atoms with van der Waals surface area (Å²) in [4.78, 5) is 51.0. The fourth-order valence-electron chi connectivity index (χ4n) is 3.62. The first-order valence-corrected chi connectivity index (χ1v) is 12.5. The summed E-state index contributed by atoms with van der Waals surface area (Å²) in [7, 11) is 0. The number of benzene rings is 2. The average molecular weight is 528 g/mol. The standard InChI is InChI=1S/C28H37N3O7/c1-28(2,3)38-26(35)30-17-11-10-16-23(25(33)34)31(27(36)37-19-21-14-8-5-9-15-21)24(32)22(29)18-20-12-6-4-7-13-20/h4-9,12-15,22-23H,10-11,16-19,29H2,1-3H3,(H,30,35)(H,33,34)/t22-,23-/m0/s1. The first kappa shape index (κ1) is 30.3. The van der Waals surface area contributed by atoms with Crippen molar-refractivity contribution in [2.24, 2.45) is 5.73 Å². The molecule has 2 aromatic carbocycles. The number of imide groups is 1. The van der Waals surface area contributed by atoms with Gasteiger partial charge < -0.3 is 25.6 Å². The summed E-state index contributed by atoms with van der Waals surface area (Å²) in [5, 5.41) is 12.5. The maximum absolute atomic E-state index is 13.3. The second-order valence-corrected chi connectivity index (χ2v) is 9.82. The molecule has 10 nitrogen and oxygen atoms in total. The molecule has 2 rings (SSSR count). The van der Waals surface area contributed by atoms with Crippen LogP contribution in [-0.4, -0.2) is 58.3 Å². The maximum Gasteiger partial charge on any atom is 0.417 e. The lowest BCUT2D eigenvalue weighted by atomic mass is 10.0. The lowest BCUT2D eigenvalue weighted by molar-refractivity contribution is -0.149. The number of nitrogens with one attached hydrogen (secondary N) is 1. The summed E-state index contributed by atoms with van der Waals surface area (Å²) in [6.07, 6.45) is -0.886. The Morgan fingerprint density at radius 3 is 2.08 bits per heavy atom. The Bertz CT molecular complexity index is 1060. The molecule has 3 amide bonds. The zero-order chi connectivity index (χ0) is 28.1. The van der Waals surface area contributed by atoms with E-state index in [0.717, 1.165) is 5.56 Å². The number of alkyl carbamates (subject to hydrolysis) is 1. The molecule has 0 saturated carbocycles. The summed E-state index contributed by atoms with van der Waals surface area (Å²) < 4.78 is 10.5. The predicted octanol–water partition coefficient (Wildman–Crippen LogP) is 3.87. The Morgan fingerprint density at radius 2 is 1.53 bits per heavy atom. The molecule has 0 aromatic heterocycles. The highest BCUT2D eigenvalue weighted by atomic mass is 16.6. The van der Waals surface area contributed by atoms with Gasteiger partial charge in [0, 0.05) is 6.54 Å². The van der Waals surface area contributed by atoms with Gasteiger partial charge in [0.05, 0.1) is 6.04 Å². The molecule has 0 aliphatic rings. The molecule has 0 radical (unpaired) electrons. The number of aliphatic carboxylic acids is 1. The highest BCUT2D eigenvalue weighted by Gasteiger charge is 2.38. The van der Waals surface area contributed by atoms with Crippen molar-refractivity contribution in [1.29, 1.82) is 0 Å². The third-order valence-corrected chi connectivity index (χ3v) is 5.42. The van der Waals surface area contributed by atoms with Gasteiger partial charge in [0.15, 0.2) is 0 Å². The quantitative estimate of drug-likeness (QED) is 0.352. The van der Waals surface area contributed by atoms with Crippen LogP contribution in [0.25, 0.3) is 0 Å². The number of hydrogen-bond donors (Lipinski definition) is 3. The Morgan fingerprint density at radius 1 is 0.947 bits per heavy atom. The second-order valence-electron chi connectivity index (χ2n) is 9.82. The molecular weight excluding hydrogens is 490 g/mol. The van der Waals surface area contributed by atoms with Crippen molar-refractivity contribution in [1.82, 2.24) is 10.2 Å². The maximum atomic E-state index is 13.3. The molecule has 38 heavy (non-hydrogen) atoms. The summed E-state index contributed by atoms with van der Waals surface area (Å²) in [6, 6.07) is 15.2. The van der Waals surface area contributed by atoms with Crippen molar-refractivity contribution in [3.05, 3.63) is 71.8 Å². The second kappa shape index (κ2) is 14.7. The molecular formula is C28H37N3O7. The topological polar surface area (TPSA) is 148 Å². The molecule has 0 aliphatic carbocycles. The number of carboxylic acids is 1. The number of nitrogens with zero attached hydrogens (tertiary/aromatic N) is 1. The van der Waals surface area contributed by atoms with Crippen molar-refractivity contribution in [2.45, 2.75) is 70.7 Å². The predicted molar refractivity (Wildman–Crippen MR) is 141 cm³/mol. The third-order valence-electron chi connectivity index (χ3n) is 5.42. The molecule has 2 aromatic rings. The minimum absolute atomic E-state index is 0.0461. The van der Waals surface area contributed by atoms with Gasteiger partial charge in [-0.2, -0.15) is 0 Å². The molecule has 4 N–H and O–H groups in total. The molecule has 0 saturated heterocycles. The number of carbonyl (C=O) groups excluding carboxylic acids is 3. The van der Waals surface area contributed by atoms with Crippen LogP contribution in [0, 0.1) is 0 Å². The molecule has 0 unspecified atom stereocenters. The SMILES string of the molecule is CC(C)(C)OC(=O)NCCCC[C@@H](C(=O)O)N(C(=O)OCc1ccccc1)C(=O)[C@@H](N)Cc1ccccc1. The molecule has 0 aliphatic heterocycles. The molecule has 0 heterocycles. The van der Waals surface area contributed by atoms with Gasteiger partial charge in [-0.15, -0.1) is 0 Å². The Kier molecular flexibility index (Phi) is 11.7. The Hall–Kier alpha value is -3.92. The van der Waals surface area contributed by atoms with Crippen molar-refractivity contribution in [3.8, 4) is 0 Å². The fourth-order valence-corrected chi connectivity index (χ4v) is 3.62. The van der Waals surface area contributed by atoms with E-state index in [-0.39, 0.29) is 26.0 Å². The third kappa shape index (κ3) is 10.6. The van der Waals surface area contributed by atoms with Gasteiger partial charge in [0.25, 0.3) is 0 Å². The van der Waals surface area contributed by atoms with E-state index in [4.69, 9.17) is 15.2 Å². The Labute approximate surface area is 223 Å². The van der Waals surface area contributed by atoms with E-state index >= 15 is 0 Å². The summed E-state index contributed by atoms with van der Waals surface area (Å²) >= 11 is 0. The largest absolute Gasteiger partial charge is 0.480 e. The van der Waals surface area contributed by atoms with Crippen LogP contribution in [-0.2, 0) is 32.1 Å². The van der Waals surface area contributed by atoms with Gasteiger partial charge in [-0.1, -0.05) is 60.7 Å². The van der Waals surface area contributed by atoms with Gasteiger partial charge in [0.1, 0.15) is 18.2 Å². The summed E-state index contributed by atoms with van der Waals surface area (Å²) in [5.41, 5.74) is 6.95. The van der Waals surface area contributed by atoms with Crippen molar-refractivity contribution in [3.63, 3.8) is 0 Å². The number of carbonyl (C=O) groups is 4. The van der Waals surface area contributed by atoms with Crippen molar-refractivity contribution in [2.75, 3.05) is 6.54 Å². The first-order valence-electron chi connectivity index (χ1n) is 12.5. The lowest BCUT2D eigenvalue weighted by Gasteiger charge is -2.29. The smallest absolute Gasteiger partial charge is 0.417 e. The highest BCUT2D eigenvalue weighted by molar-refractivity contribution is 5.99. The van der Waals surface area contributed by atoms with Gasteiger partial charge in [-0.25, -0.2) is 19.3 Å². The molecule has 10 heteroatoms. The lowest BCUT2D eigenvalue weighted by Crippen LogP contribution is -2.55. The molecule has 206 valence electrons. The van der Waals surface area contributed by atoms with Gasteiger partial charge in [-0.3, -0.25) is 4.79 Å². The van der Waals surface area contributed by atoms with Crippen LogP contribution < -0.4 is 11.1 Å².